The van der Waals surface area contributed by atoms with Gasteiger partial charge in [0.1, 0.15) is 22.9 Å². The molecule has 4 rings (SSSR count). The number of carbonyl (C=O) groups excluding carboxylic acids is 2. The van der Waals surface area contributed by atoms with Gasteiger partial charge in [-0.3, -0.25) is 9.59 Å². The Labute approximate surface area is 198 Å². The number of para-hydroxylation sites is 1. The van der Waals surface area contributed by atoms with Crippen LogP contribution in [0, 0.1) is 0 Å². The van der Waals surface area contributed by atoms with Crippen molar-refractivity contribution in [3.63, 3.8) is 0 Å². The van der Waals surface area contributed by atoms with E-state index in [2.05, 4.69) is 5.32 Å². The Balaban J connectivity index is 1.78. The van der Waals surface area contributed by atoms with Gasteiger partial charge in [0.2, 0.25) is 0 Å². The van der Waals surface area contributed by atoms with Crippen molar-refractivity contribution in [3.8, 4) is 17.2 Å². The molecule has 3 aromatic rings. The van der Waals surface area contributed by atoms with E-state index in [1.165, 1.54) is 12.0 Å². The van der Waals surface area contributed by atoms with Gasteiger partial charge in [-0.25, -0.2) is 4.90 Å². The number of hydrogen-bond donors (Lipinski definition) is 1. The van der Waals surface area contributed by atoms with E-state index in [0.29, 0.717) is 40.8 Å². The maximum absolute atomic E-state index is 13.6. The fraction of sp³-hybridized carbons (Fsp3) is 0.185. The van der Waals surface area contributed by atoms with Gasteiger partial charge in [-0.15, -0.1) is 0 Å². The molecule has 0 radical (unpaired) electrons. The smallest absolute Gasteiger partial charge is 0.282 e. The highest BCUT2D eigenvalue weighted by Crippen LogP contribution is 2.37. The van der Waals surface area contributed by atoms with Crippen molar-refractivity contribution >= 4 is 28.8 Å². The van der Waals surface area contributed by atoms with Crippen molar-refractivity contribution in [2.45, 2.75) is 13.3 Å². The maximum Gasteiger partial charge on any atom is 0.282 e. The molecular weight excluding hydrogens is 432 g/mol. The Morgan fingerprint density at radius 2 is 1.53 bits per heavy atom. The van der Waals surface area contributed by atoms with E-state index in [9.17, 15) is 9.59 Å². The zero-order valence-electron chi connectivity index (χ0n) is 19.3. The van der Waals surface area contributed by atoms with E-state index < -0.39 is 11.8 Å². The third-order valence-corrected chi connectivity index (χ3v) is 5.38. The summed E-state index contributed by atoms with van der Waals surface area (Å²) in [6.45, 7) is 2.64. The van der Waals surface area contributed by atoms with Crippen LogP contribution in [0.25, 0.3) is 5.57 Å². The Bertz CT molecular complexity index is 1220. The zero-order chi connectivity index (χ0) is 24.1. The molecule has 0 unspecified atom stereocenters. The molecule has 1 N–H and O–H groups in total. The lowest BCUT2D eigenvalue weighted by atomic mass is 10.0. The molecule has 34 heavy (non-hydrogen) atoms. The second kappa shape index (κ2) is 10.1. The number of anilines is 2. The molecule has 0 atom stereocenters. The summed E-state index contributed by atoms with van der Waals surface area (Å²) in [5, 5.41) is 3.14. The third kappa shape index (κ3) is 4.45. The van der Waals surface area contributed by atoms with Crippen LogP contribution in [0.15, 0.2) is 78.5 Å². The molecule has 0 fully saturated rings. The van der Waals surface area contributed by atoms with Gasteiger partial charge in [0.05, 0.1) is 37.8 Å². The van der Waals surface area contributed by atoms with Gasteiger partial charge in [0.15, 0.2) is 0 Å². The number of ether oxygens (including phenoxy) is 3. The van der Waals surface area contributed by atoms with Crippen LogP contribution in [0.2, 0.25) is 0 Å². The normalized spacial score (nSPS) is 13.3. The minimum absolute atomic E-state index is 0.166. The first-order valence-corrected chi connectivity index (χ1v) is 11.0. The lowest BCUT2D eigenvalue weighted by Crippen LogP contribution is -2.32. The van der Waals surface area contributed by atoms with Crippen LogP contribution in [0.5, 0.6) is 17.2 Å². The number of nitrogens with one attached hydrogen (secondary N) is 1. The predicted octanol–water partition coefficient (Wildman–Crippen LogP) is 4.89. The van der Waals surface area contributed by atoms with E-state index in [4.69, 9.17) is 14.2 Å². The molecule has 0 aromatic heterocycles. The molecule has 0 saturated carbocycles. The molecule has 2 amide bonds. The van der Waals surface area contributed by atoms with E-state index in [-0.39, 0.29) is 11.3 Å². The van der Waals surface area contributed by atoms with Crippen molar-refractivity contribution in [2.24, 2.45) is 0 Å². The molecule has 7 nitrogen and oxygen atoms in total. The summed E-state index contributed by atoms with van der Waals surface area (Å²) in [5.74, 6) is 0.935. The fourth-order valence-corrected chi connectivity index (χ4v) is 3.70. The van der Waals surface area contributed by atoms with Crippen molar-refractivity contribution in [3.05, 3.63) is 84.1 Å². The number of carbonyl (C=O) groups is 2. The summed E-state index contributed by atoms with van der Waals surface area (Å²) in [7, 11) is 3.09. The van der Waals surface area contributed by atoms with Crippen molar-refractivity contribution in [1.82, 2.24) is 0 Å². The van der Waals surface area contributed by atoms with Crippen molar-refractivity contribution < 1.29 is 23.8 Å². The number of hydrogen-bond acceptors (Lipinski definition) is 6. The molecule has 0 aliphatic carbocycles. The fourth-order valence-electron chi connectivity index (χ4n) is 3.70. The molecule has 0 bridgehead atoms. The maximum atomic E-state index is 13.6. The lowest BCUT2D eigenvalue weighted by molar-refractivity contribution is -0.120. The van der Waals surface area contributed by atoms with Gasteiger partial charge in [0, 0.05) is 6.07 Å². The van der Waals surface area contributed by atoms with Crippen molar-refractivity contribution in [1.29, 1.82) is 0 Å². The molecular formula is C27H26N2O5. The molecule has 1 heterocycles. The van der Waals surface area contributed by atoms with E-state index >= 15 is 0 Å². The van der Waals surface area contributed by atoms with Gasteiger partial charge in [-0.05, 0) is 48.4 Å². The highest BCUT2D eigenvalue weighted by Gasteiger charge is 2.40. The highest BCUT2D eigenvalue weighted by atomic mass is 16.5. The minimum atomic E-state index is -0.449. The van der Waals surface area contributed by atoms with Crippen LogP contribution in [-0.4, -0.2) is 32.6 Å². The van der Waals surface area contributed by atoms with Gasteiger partial charge in [-0.1, -0.05) is 37.3 Å². The van der Waals surface area contributed by atoms with Crippen LogP contribution >= 0.6 is 0 Å². The van der Waals surface area contributed by atoms with Gasteiger partial charge >= 0.3 is 0 Å². The molecule has 0 saturated heterocycles. The Morgan fingerprint density at radius 3 is 2.18 bits per heavy atom. The molecule has 3 aromatic carbocycles. The number of benzene rings is 3. The second-order valence-electron chi connectivity index (χ2n) is 7.60. The Kier molecular flexibility index (Phi) is 6.82. The number of methoxy groups -OCH3 is 2. The van der Waals surface area contributed by atoms with Crippen molar-refractivity contribution in [2.75, 3.05) is 31.0 Å². The number of imide groups is 1. The molecule has 7 heteroatoms. The number of rotatable bonds is 9. The number of amides is 2. The Hall–Kier alpha value is -4.26. The molecule has 1 aliphatic heterocycles. The van der Waals surface area contributed by atoms with E-state index in [0.717, 1.165) is 6.42 Å². The summed E-state index contributed by atoms with van der Waals surface area (Å²) in [4.78, 5) is 28.3. The quantitative estimate of drug-likeness (QED) is 0.460. The number of nitrogens with zero attached hydrogens (tertiary/aromatic N) is 1. The largest absolute Gasteiger partial charge is 0.497 e. The van der Waals surface area contributed by atoms with Gasteiger partial charge < -0.3 is 19.5 Å². The zero-order valence-corrected chi connectivity index (χ0v) is 19.3. The lowest BCUT2D eigenvalue weighted by Gasteiger charge is -2.16. The first-order chi connectivity index (χ1) is 16.6. The van der Waals surface area contributed by atoms with E-state index in [1.54, 1.807) is 73.8 Å². The first-order valence-electron chi connectivity index (χ1n) is 11.0. The Morgan fingerprint density at radius 1 is 0.824 bits per heavy atom. The van der Waals surface area contributed by atoms with Crippen LogP contribution in [0.4, 0.5) is 11.4 Å². The summed E-state index contributed by atoms with van der Waals surface area (Å²) in [5.41, 5.74) is 2.08. The second-order valence-corrected chi connectivity index (χ2v) is 7.60. The molecule has 1 aliphatic rings. The summed E-state index contributed by atoms with van der Waals surface area (Å²) in [6.07, 6.45) is 0.893. The highest BCUT2D eigenvalue weighted by molar-refractivity contribution is 6.46. The third-order valence-electron chi connectivity index (χ3n) is 5.38. The standard InChI is InChI=1S/C27H26N2O5/c1-4-16-34-20-12-10-18(11-13-20)24-25(28-22-15-14-21(32-2)17-23(22)33-3)27(31)29(26(24)30)19-8-6-5-7-9-19/h5-15,17,28H,4,16H2,1-3H3. The SMILES string of the molecule is CCCOc1ccc(C2=C(Nc3ccc(OC)cc3OC)C(=O)N(c3ccccc3)C2=O)cc1. The van der Waals surface area contributed by atoms with Gasteiger partial charge in [-0.2, -0.15) is 0 Å². The predicted molar refractivity (Wildman–Crippen MR) is 131 cm³/mol. The minimum Gasteiger partial charge on any atom is -0.497 e. The first kappa shape index (κ1) is 22.9. The monoisotopic (exact) mass is 458 g/mol. The molecule has 0 spiro atoms. The summed E-state index contributed by atoms with van der Waals surface area (Å²) >= 11 is 0. The average Bonchev–Trinajstić information content (AvgIpc) is 3.12. The van der Waals surface area contributed by atoms with Gasteiger partial charge in [0.25, 0.3) is 11.8 Å². The average molecular weight is 459 g/mol. The van der Waals surface area contributed by atoms with Crippen LogP contribution in [0.1, 0.15) is 18.9 Å². The van der Waals surface area contributed by atoms with E-state index in [1.807, 2.05) is 13.0 Å². The summed E-state index contributed by atoms with van der Waals surface area (Å²) < 4.78 is 16.4. The van der Waals surface area contributed by atoms with Crippen LogP contribution in [0.3, 0.4) is 0 Å². The topological polar surface area (TPSA) is 77.1 Å². The molecule has 174 valence electrons. The van der Waals surface area contributed by atoms with Crippen LogP contribution in [-0.2, 0) is 9.59 Å². The van der Waals surface area contributed by atoms with Crippen LogP contribution < -0.4 is 24.4 Å². The summed E-state index contributed by atoms with van der Waals surface area (Å²) in [6, 6.07) is 21.2.